The molecule has 0 aliphatic carbocycles. The van der Waals surface area contributed by atoms with Crippen molar-refractivity contribution < 1.29 is 0 Å². The highest BCUT2D eigenvalue weighted by atomic mass is 32.1. The Morgan fingerprint density at radius 2 is 1.47 bits per heavy atom. The van der Waals surface area contributed by atoms with Gasteiger partial charge in [0.05, 0.1) is 5.52 Å². The summed E-state index contributed by atoms with van der Waals surface area (Å²) in [4.78, 5) is 8.90. The lowest BCUT2D eigenvalue weighted by Gasteiger charge is -2.11. The van der Waals surface area contributed by atoms with Gasteiger partial charge in [0, 0.05) is 5.56 Å². The number of aromatic nitrogens is 2. The maximum Gasteiger partial charge on any atom is 0.158 e. The van der Waals surface area contributed by atoms with Gasteiger partial charge in [0.15, 0.2) is 5.82 Å². The van der Waals surface area contributed by atoms with Gasteiger partial charge in [-0.25, -0.2) is 4.98 Å². The second-order valence-corrected chi connectivity index (χ2v) is 4.12. The van der Waals surface area contributed by atoms with Gasteiger partial charge in [-0.2, -0.15) is 0 Å². The molecule has 1 heterocycles. The fourth-order valence-electron chi connectivity index (χ4n) is 1.76. The van der Waals surface area contributed by atoms with Crippen LogP contribution in [-0.2, 0) is 12.6 Å². The van der Waals surface area contributed by atoms with Gasteiger partial charge in [-0.15, -0.1) is 0 Å². The molecule has 2 aromatic carbocycles. The van der Waals surface area contributed by atoms with Crippen LogP contribution in [0.4, 0.5) is 0 Å². The third kappa shape index (κ3) is 1.85. The molecule has 0 aliphatic heterocycles. The maximum atomic E-state index is 5.29. The maximum absolute atomic E-state index is 5.29. The Hall–Kier alpha value is -2.00. The smallest absolute Gasteiger partial charge is 0.158 e. The van der Waals surface area contributed by atoms with E-state index in [1.165, 1.54) is 0 Å². The van der Waals surface area contributed by atoms with E-state index >= 15 is 0 Å². The summed E-state index contributed by atoms with van der Waals surface area (Å²) in [5.41, 5.74) is 1.88. The highest BCUT2D eigenvalue weighted by molar-refractivity contribution is 7.59. The molecule has 0 aliphatic rings. The monoisotopic (exact) mass is 237 g/mol. The zero-order valence-corrected chi connectivity index (χ0v) is 9.82. The first-order valence-corrected chi connectivity index (χ1v) is 5.74. The summed E-state index contributed by atoms with van der Waals surface area (Å²) in [7, 11) is 0. The van der Waals surface area contributed by atoms with Crippen LogP contribution in [-0.4, -0.2) is 9.97 Å². The van der Waals surface area contributed by atoms with Gasteiger partial charge in [0.1, 0.15) is 0 Å². The summed E-state index contributed by atoms with van der Waals surface area (Å²) < 4.78 is 0. The molecule has 0 N–H and O–H groups in total. The molecule has 0 amide bonds. The first-order chi connectivity index (χ1) is 8.34. The van der Waals surface area contributed by atoms with Crippen LogP contribution in [0.5, 0.6) is 0 Å². The van der Waals surface area contributed by atoms with E-state index in [1.807, 2.05) is 54.6 Å². The number of para-hydroxylation sites is 1. The van der Waals surface area contributed by atoms with E-state index in [-0.39, 0.29) is 0 Å². The lowest BCUT2D eigenvalue weighted by molar-refractivity contribution is 1.12. The molecule has 0 atom stereocenters. The first kappa shape index (κ1) is 10.2. The molecule has 3 aromatic rings. The molecule has 1 aromatic heterocycles. The number of hydrogen-bond acceptors (Lipinski definition) is 3. The van der Waals surface area contributed by atoms with Crippen molar-refractivity contribution in [1.29, 1.82) is 0 Å². The Labute approximate surface area is 105 Å². The lowest BCUT2D eigenvalue weighted by atomic mass is 10.2. The van der Waals surface area contributed by atoms with Crippen molar-refractivity contribution in [3.63, 3.8) is 0 Å². The van der Waals surface area contributed by atoms with E-state index in [9.17, 15) is 0 Å². The molecule has 17 heavy (non-hydrogen) atoms. The summed E-state index contributed by atoms with van der Waals surface area (Å²) in [6.45, 7) is 0. The average Bonchev–Trinajstić information content (AvgIpc) is 2.40. The predicted molar refractivity (Wildman–Crippen MR) is 70.6 cm³/mol. The largest absolute Gasteiger partial charge is 0.759 e. The average molecular weight is 237 g/mol. The standard InChI is InChI=1S/C14H10N2S/c17-14-11-8-4-5-9-12(11)15-13(16-14)10-6-2-1-3-7-10/h1-9H,(H,15,16,17)/p-1. The topological polar surface area (TPSA) is 25.8 Å². The minimum atomic E-state index is 0.606. The first-order valence-electron chi connectivity index (χ1n) is 5.34. The Morgan fingerprint density at radius 3 is 2.29 bits per heavy atom. The molecular formula is C14H9N2S-. The van der Waals surface area contributed by atoms with Gasteiger partial charge >= 0.3 is 0 Å². The fraction of sp³-hybridized carbons (Fsp3) is 0. The highest BCUT2D eigenvalue weighted by Crippen LogP contribution is 2.20. The molecule has 0 spiro atoms. The van der Waals surface area contributed by atoms with Gasteiger partial charge in [0.25, 0.3) is 0 Å². The van der Waals surface area contributed by atoms with Crippen LogP contribution in [0.2, 0.25) is 0 Å². The van der Waals surface area contributed by atoms with Crippen LogP contribution < -0.4 is 0 Å². The number of rotatable bonds is 1. The van der Waals surface area contributed by atoms with E-state index in [0.717, 1.165) is 16.5 Å². The second kappa shape index (κ2) is 4.11. The van der Waals surface area contributed by atoms with Crippen LogP contribution in [0.3, 0.4) is 0 Å². The van der Waals surface area contributed by atoms with Gasteiger partial charge in [-0.05, 0) is 11.5 Å². The van der Waals surface area contributed by atoms with Crippen molar-refractivity contribution in [2.75, 3.05) is 0 Å². The van der Waals surface area contributed by atoms with E-state index in [2.05, 4.69) is 9.97 Å². The minimum absolute atomic E-state index is 0.606. The van der Waals surface area contributed by atoms with Crippen LogP contribution in [0.1, 0.15) is 0 Å². The third-order valence-corrected chi connectivity index (χ3v) is 2.91. The molecule has 0 saturated heterocycles. The Balaban J connectivity index is 2.26. The summed E-state index contributed by atoms with van der Waals surface area (Å²) in [6.07, 6.45) is 0. The third-order valence-electron chi connectivity index (χ3n) is 2.60. The molecule has 82 valence electrons. The fourth-order valence-corrected chi connectivity index (χ4v) is 2.02. The normalized spacial score (nSPS) is 10.6. The molecule has 2 nitrogen and oxygen atoms in total. The zero-order valence-electron chi connectivity index (χ0n) is 9.00. The van der Waals surface area contributed by atoms with Gasteiger partial charge < -0.3 is 12.6 Å². The molecule has 3 heteroatoms. The number of nitrogens with zero attached hydrogens (tertiary/aromatic N) is 2. The molecule has 0 unspecified atom stereocenters. The van der Waals surface area contributed by atoms with Crippen molar-refractivity contribution in [3.8, 4) is 11.4 Å². The molecule has 0 radical (unpaired) electrons. The predicted octanol–water partition coefficient (Wildman–Crippen LogP) is 3.20. The van der Waals surface area contributed by atoms with Gasteiger partial charge in [-0.3, -0.25) is 4.98 Å². The van der Waals surface area contributed by atoms with Gasteiger partial charge in [0.2, 0.25) is 0 Å². The Morgan fingerprint density at radius 1 is 0.765 bits per heavy atom. The van der Waals surface area contributed by atoms with Crippen molar-refractivity contribution >= 4 is 23.5 Å². The lowest BCUT2D eigenvalue weighted by Crippen LogP contribution is -1.93. The van der Waals surface area contributed by atoms with E-state index < -0.39 is 0 Å². The van der Waals surface area contributed by atoms with E-state index in [0.29, 0.717) is 10.9 Å². The van der Waals surface area contributed by atoms with Crippen LogP contribution >= 0.6 is 0 Å². The molecule has 0 saturated carbocycles. The van der Waals surface area contributed by atoms with Crippen molar-refractivity contribution in [2.24, 2.45) is 0 Å². The summed E-state index contributed by atoms with van der Waals surface area (Å²) >= 11 is 5.29. The minimum Gasteiger partial charge on any atom is -0.759 e. The van der Waals surface area contributed by atoms with Crippen molar-refractivity contribution in [1.82, 2.24) is 9.97 Å². The van der Waals surface area contributed by atoms with E-state index in [1.54, 1.807) is 0 Å². The number of hydrogen-bond donors (Lipinski definition) is 0. The Bertz CT molecular complexity index is 665. The number of benzene rings is 2. The second-order valence-electron chi connectivity index (χ2n) is 3.74. The summed E-state index contributed by atoms with van der Waals surface area (Å²) in [5.74, 6) is 0.689. The quantitative estimate of drug-likeness (QED) is 0.480. The molecule has 3 rings (SSSR count). The van der Waals surface area contributed by atoms with Crippen LogP contribution in [0.25, 0.3) is 22.3 Å². The molecular weight excluding hydrogens is 228 g/mol. The summed E-state index contributed by atoms with van der Waals surface area (Å²) in [6, 6.07) is 17.7. The zero-order chi connectivity index (χ0) is 11.7. The van der Waals surface area contributed by atoms with Crippen LogP contribution in [0.15, 0.2) is 59.6 Å². The van der Waals surface area contributed by atoms with Crippen LogP contribution in [0, 0.1) is 0 Å². The molecule has 0 bridgehead atoms. The van der Waals surface area contributed by atoms with E-state index in [4.69, 9.17) is 12.6 Å². The number of fused-ring (bicyclic) bond motifs is 1. The Kier molecular flexibility index (Phi) is 2.46. The molecule has 0 fully saturated rings. The summed E-state index contributed by atoms with van der Waals surface area (Å²) in [5, 5.41) is 1.54. The van der Waals surface area contributed by atoms with Crippen molar-refractivity contribution in [3.05, 3.63) is 54.6 Å². The SMILES string of the molecule is [S-]c1nc(-c2ccccc2)nc2ccccc12. The van der Waals surface area contributed by atoms with Crippen molar-refractivity contribution in [2.45, 2.75) is 5.03 Å². The highest BCUT2D eigenvalue weighted by Gasteiger charge is 2.02. The van der Waals surface area contributed by atoms with Gasteiger partial charge in [-0.1, -0.05) is 53.6 Å².